The van der Waals surface area contributed by atoms with E-state index in [1.54, 1.807) is 0 Å². The van der Waals surface area contributed by atoms with Crippen molar-refractivity contribution in [2.75, 3.05) is 10.6 Å². The molecule has 1 fully saturated rings. The number of carbonyl (C=O) groups is 4. The standard InChI is InChI=1S/C20H24Cl2N4O4/c1-18(2)14(27)23-12-8-10(21)11(22)9-13(12)24-15(28)19(3,4)26-17(30)20(6-5-7-20)16(29)25-18/h8-9H,5-7H2,1-4H3,(H,23,27)(H,24,28)(H,25,29)(H,26,30). The van der Waals surface area contributed by atoms with Gasteiger partial charge in [-0.3, -0.25) is 19.2 Å². The molecule has 4 amide bonds. The normalized spacial score (nSPS) is 22.7. The Bertz CT molecular complexity index is 883. The molecule has 1 aromatic rings. The van der Waals surface area contributed by atoms with Crippen LogP contribution >= 0.6 is 23.2 Å². The summed E-state index contributed by atoms with van der Waals surface area (Å²) in [5, 5.41) is 11.1. The van der Waals surface area contributed by atoms with Crippen LogP contribution in [0, 0.1) is 5.41 Å². The number of carbonyl (C=O) groups excluding carboxylic acids is 4. The molecule has 162 valence electrons. The predicted octanol–water partition coefficient (Wildman–Crippen LogP) is 2.84. The van der Waals surface area contributed by atoms with Crippen LogP contribution < -0.4 is 21.3 Å². The van der Waals surface area contributed by atoms with Gasteiger partial charge in [-0.2, -0.15) is 0 Å². The van der Waals surface area contributed by atoms with E-state index >= 15 is 0 Å². The molecule has 0 aromatic heterocycles. The number of anilines is 2. The Kier molecular flexibility index (Phi) is 5.54. The lowest BCUT2D eigenvalue weighted by atomic mass is 9.66. The first-order valence-corrected chi connectivity index (χ1v) is 10.3. The first-order chi connectivity index (χ1) is 13.8. The van der Waals surface area contributed by atoms with Crippen molar-refractivity contribution < 1.29 is 19.2 Å². The van der Waals surface area contributed by atoms with Crippen LogP contribution in [0.2, 0.25) is 10.0 Å². The maximum absolute atomic E-state index is 13.0. The summed E-state index contributed by atoms with van der Waals surface area (Å²) in [5.41, 5.74) is -3.56. The fourth-order valence-corrected chi connectivity index (χ4v) is 3.65. The van der Waals surface area contributed by atoms with Crippen LogP contribution in [0.25, 0.3) is 0 Å². The van der Waals surface area contributed by atoms with E-state index in [1.807, 2.05) is 0 Å². The van der Waals surface area contributed by atoms with E-state index in [1.165, 1.54) is 39.8 Å². The van der Waals surface area contributed by atoms with Crippen molar-refractivity contribution in [2.24, 2.45) is 5.41 Å². The van der Waals surface area contributed by atoms with E-state index in [2.05, 4.69) is 21.3 Å². The van der Waals surface area contributed by atoms with Gasteiger partial charge in [0.15, 0.2) is 0 Å². The average molecular weight is 455 g/mol. The highest BCUT2D eigenvalue weighted by molar-refractivity contribution is 6.42. The van der Waals surface area contributed by atoms with E-state index < -0.39 is 40.1 Å². The number of nitrogens with one attached hydrogen (secondary N) is 4. The summed E-state index contributed by atoms with van der Waals surface area (Å²) >= 11 is 12.2. The largest absolute Gasteiger partial charge is 0.341 e. The average Bonchev–Trinajstić information content (AvgIpc) is 2.56. The zero-order chi connectivity index (χ0) is 22.5. The molecule has 0 saturated heterocycles. The Labute approximate surface area is 184 Å². The minimum absolute atomic E-state index is 0.178. The fraction of sp³-hybridized carbons (Fsp3) is 0.500. The summed E-state index contributed by atoms with van der Waals surface area (Å²) in [6, 6.07) is 2.82. The molecular weight excluding hydrogens is 431 g/mol. The highest BCUT2D eigenvalue weighted by Gasteiger charge is 2.54. The topological polar surface area (TPSA) is 116 Å². The third kappa shape index (κ3) is 3.86. The molecule has 0 unspecified atom stereocenters. The van der Waals surface area contributed by atoms with Gasteiger partial charge < -0.3 is 21.3 Å². The number of halogens is 2. The maximum Gasteiger partial charge on any atom is 0.249 e. The van der Waals surface area contributed by atoms with Gasteiger partial charge in [-0.25, -0.2) is 0 Å². The zero-order valence-electron chi connectivity index (χ0n) is 17.2. The van der Waals surface area contributed by atoms with Crippen molar-refractivity contribution in [2.45, 2.75) is 58.0 Å². The molecule has 10 heteroatoms. The zero-order valence-corrected chi connectivity index (χ0v) is 18.7. The minimum atomic E-state index is -1.34. The Morgan fingerprint density at radius 3 is 1.37 bits per heavy atom. The summed E-state index contributed by atoms with van der Waals surface area (Å²) in [6.45, 7) is 6.13. The summed E-state index contributed by atoms with van der Waals surface area (Å²) < 4.78 is 0. The number of fused-ring (bicyclic) bond motifs is 1. The maximum atomic E-state index is 13.0. The first kappa shape index (κ1) is 22.4. The Morgan fingerprint density at radius 2 is 1.07 bits per heavy atom. The third-order valence-corrected chi connectivity index (χ3v) is 6.34. The molecule has 30 heavy (non-hydrogen) atoms. The number of rotatable bonds is 0. The molecular formula is C20H24Cl2N4O4. The summed E-state index contributed by atoms with van der Waals surface area (Å²) in [6.07, 6.45) is 1.37. The molecule has 0 bridgehead atoms. The SMILES string of the molecule is CC1(C)NC(=O)C2(CCC2)C(=O)NC(C)(C)C(=O)Nc2cc(Cl)c(Cl)cc2NC1=O. The first-order valence-electron chi connectivity index (χ1n) is 9.56. The summed E-state index contributed by atoms with van der Waals surface area (Å²) in [4.78, 5) is 51.9. The smallest absolute Gasteiger partial charge is 0.249 e. The van der Waals surface area contributed by atoms with Crippen LogP contribution in [0.15, 0.2) is 12.1 Å². The van der Waals surface area contributed by atoms with Crippen molar-refractivity contribution in [3.63, 3.8) is 0 Å². The second-order valence-electron chi connectivity index (χ2n) is 8.81. The predicted molar refractivity (Wildman–Crippen MR) is 114 cm³/mol. The van der Waals surface area contributed by atoms with Gasteiger partial charge in [-0.1, -0.05) is 29.6 Å². The van der Waals surface area contributed by atoms with Crippen LogP contribution in [0.3, 0.4) is 0 Å². The summed E-state index contributed by atoms with van der Waals surface area (Å²) in [7, 11) is 0. The highest BCUT2D eigenvalue weighted by Crippen LogP contribution is 2.42. The van der Waals surface area contributed by atoms with Crippen LogP contribution in [-0.2, 0) is 19.2 Å². The van der Waals surface area contributed by atoms with E-state index in [-0.39, 0.29) is 21.4 Å². The second-order valence-corrected chi connectivity index (χ2v) is 9.63. The van der Waals surface area contributed by atoms with Gasteiger partial charge in [0, 0.05) is 0 Å². The van der Waals surface area contributed by atoms with Crippen LogP contribution in [0.1, 0.15) is 47.0 Å². The third-order valence-electron chi connectivity index (χ3n) is 5.62. The van der Waals surface area contributed by atoms with Crippen molar-refractivity contribution in [1.82, 2.24) is 10.6 Å². The molecule has 1 saturated carbocycles. The van der Waals surface area contributed by atoms with Crippen molar-refractivity contribution in [1.29, 1.82) is 0 Å². The number of hydrogen-bond donors (Lipinski definition) is 4. The minimum Gasteiger partial charge on any atom is -0.341 e. The van der Waals surface area contributed by atoms with E-state index in [0.717, 1.165) is 0 Å². The van der Waals surface area contributed by atoms with Gasteiger partial charge in [-0.15, -0.1) is 0 Å². The molecule has 1 spiro atoms. The summed E-state index contributed by atoms with van der Waals surface area (Å²) in [5.74, 6) is -2.18. The van der Waals surface area contributed by atoms with Crippen LogP contribution in [0.5, 0.6) is 0 Å². The second kappa shape index (κ2) is 7.42. The Balaban J connectivity index is 2.10. The van der Waals surface area contributed by atoms with Gasteiger partial charge >= 0.3 is 0 Å². The van der Waals surface area contributed by atoms with Gasteiger partial charge in [0.2, 0.25) is 23.6 Å². The van der Waals surface area contributed by atoms with Crippen LogP contribution in [-0.4, -0.2) is 34.7 Å². The van der Waals surface area contributed by atoms with E-state index in [4.69, 9.17) is 23.2 Å². The molecule has 0 radical (unpaired) electrons. The van der Waals surface area contributed by atoms with E-state index in [0.29, 0.717) is 19.3 Å². The monoisotopic (exact) mass is 454 g/mol. The lowest BCUT2D eigenvalue weighted by Gasteiger charge is -2.42. The van der Waals surface area contributed by atoms with Gasteiger partial charge in [0.05, 0.1) is 21.4 Å². The molecule has 2 aliphatic rings. The molecule has 8 nitrogen and oxygen atoms in total. The molecule has 1 aromatic carbocycles. The number of hydrogen-bond acceptors (Lipinski definition) is 4. The Morgan fingerprint density at radius 1 is 0.700 bits per heavy atom. The molecule has 1 aliphatic carbocycles. The molecule has 1 aliphatic heterocycles. The molecule has 1 heterocycles. The molecule has 0 atom stereocenters. The lowest BCUT2D eigenvalue weighted by molar-refractivity contribution is -0.153. The highest BCUT2D eigenvalue weighted by atomic mass is 35.5. The van der Waals surface area contributed by atoms with Gasteiger partial charge in [-0.05, 0) is 52.7 Å². The van der Waals surface area contributed by atoms with Crippen molar-refractivity contribution >= 4 is 58.2 Å². The fourth-order valence-electron chi connectivity index (χ4n) is 3.32. The van der Waals surface area contributed by atoms with Crippen molar-refractivity contribution in [3.8, 4) is 0 Å². The van der Waals surface area contributed by atoms with Gasteiger partial charge in [0.1, 0.15) is 16.5 Å². The van der Waals surface area contributed by atoms with E-state index in [9.17, 15) is 19.2 Å². The van der Waals surface area contributed by atoms with Crippen molar-refractivity contribution in [3.05, 3.63) is 22.2 Å². The number of amides is 4. The molecule has 4 N–H and O–H groups in total. The van der Waals surface area contributed by atoms with Gasteiger partial charge in [0.25, 0.3) is 0 Å². The molecule has 3 rings (SSSR count). The van der Waals surface area contributed by atoms with Crippen LogP contribution in [0.4, 0.5) is 11.4 Å². The Hall–Kier alpha value is -2.32. The lowest BCUT2D eigenvalue weighted by Crippen LogP contribution is -2.64. The quantitative estimate of drug-likeness (QED) is 0.450. The number of benzene rings is 1.